The lowest BCUT2D eigenvalue weighted by atomic mass is 10.2. The van der Waals surface area contributed by atoms with Crippen molar-refractivity contribution in [3.8, 4) is 11.5 Å². The van der Waals surface area contributed by atoms with Crippen molar-refractivity contribution in [3.05, 3.63) is 58.2 Å². The summed E-state index contributed by atoms with van der Waals surface area (Å²) in [5.41, 5.74) is -1.94. The lowest BCUT2D eigenvalue weighted by molar-refractivity contribution is 0.0438. The van der Waals surface area contributed by atoms with Crippen LogP contribution in [0.25, 0.3) is 0 Å². The molecule has 0 fully saturated rings. The van der Waals surface area contributed by atoms with E-state index < -0.39 is 81.7 Å². The van der Waals surface area contributed by atoms with Crippen LogP contribution in [-0.2, 0) is 0 Å². The van der Waals surface area contributed by atoms with Gasteiger partial charge in [0.2, 0.25) is 11.6 Å². The van der Waals surface area contributed by atoms with Gasteiger partial charge in [0.05, 0.1) is 26.4 Å². The number of benzene rings is 2. The number of aromatic carboxylic acids is 2. The van der Waals surface area contributed by atoms with Crippen molar-refractivity contribution in [2.45, 2.75) is 26.1 Å². The van der Waals surface area contributed by atoms with Gasteiger partial charge in [-0.2, -0.15) is 8.78 Å². The Morgan fingerprint density at radius 1 is 0.676 bits per heavy atom. The summed E-state index contributed by atoms with van der Waals surface area (Å²) in [5.74, 6) is -14.4. The van der Waals surface area contributed by atoms with E-state index >= 15 is 0 Å². The van der Waals surface area contributed by atoms with Gasteiger partial charge in [0.25, 0.3) is 0 Å². The molecule has 0 aliphatic rings. The van der Waals surface area contributed by atoms with Gasteiger partial charge in [0.15, 0.2) is 34.8 Å². The van der Waals surface area contributed by atoms with Crippen LogP contribution in [0.2, 0.25) is 0 Å². The first-order valence-electron chi connectivity index (χ1n) is 8.87. The Hall–Kier alpha value is -3.52. The normalized spacial score (nSPS) is 11.8. The van der Waals surface area contributed by atoms with E-state index in [-0.39, 0.29) is 12.1 Å². The minimum absolute atomic E-state index is 0.259. The lowest BCUT2D eigenvalue weighted by Gasteiger charge is -2.06. The zero-order chi connectivity index (χ0) is 26.9. The van der Waals surface area contributed by atoms with E-state index in [1.54, 1.807) is 13.8 Å². The van der Waals surface area contributed by atoms with E-state index in [1.807, 2.05) is 0 Å². The SMILES string of the molecule is CC(O)C(C)O.COc1c(F)c(F)cc(C(=O)O)c1F.COc1c(F)c(F)cc(C(=O)O)c1F. The number of carboxylic acid groups (broad SMARTS) is 2. The highest BCUT2D eigenvalue weighted by Crippen LogP contribution is 2.27. The third kappa shape index (κ3) is 7.81. The topological polar surface area (TPSA) is 134 Å². The zero-order valence-electron chi connectivity index (χ0n) is 18.0. The summed E-state index contributed by atoms with van der Waals surface area (Å²) >= 11 is 0. The molecule has 34 heavy (non-hydrogen) atoms. The number of carbonyl (C=O) groups is 2. The number of hydrogen-bond donors (Lipinski definition) is 4. The van der Waals surface area contributed by atoms with Gasteiger partial charge in [-0.05, 0) is 26.0 Å². The molecule has 0 bridgehead atoms. The van der Waals surface area contributed by atoms with Gasteiger partial charge in [-0.15, -0.1) is 0 Å². The quantitative estimate of drug-likeness (QED) is 0.361. The summed E-state index contributed by atoms with van der Waals surface area (Å²) in [6, 6.07) is 0.519. The van der Waals surface area contributed by atoms with Crippen LogP contribution in [0.4, 0.5) is 26.3 Å². The minimum Gasteiger partial charge on any atom is -0.491 e. The van der Waals surface area contributed by atoms with Crippen LogP contribution in [0.1, 0.15) is 34.6 Å². The fourth-order valence-corrected chi connectivity index (χ4v) is 1.83. The van der Waals surface area contributed by atoms with Crippen LogP contribution in [0, 0.1) is 34.9 Å². The molecule has 4 N–H and O–H groups in total. The molecular formula is C20H20F6O8. The molecule has 0 saturated heterocycles. The third-order valence-corrected chi connectivity index (χ3v) is 3.80. The number of halogens is 6. The van der Waals surface area contributed by atoms with Crippen molar-refractivity contribution in [2.75, 3.05) is 14.2 Å². The maximum Gasteiger partial charge on any atom is 0.338 e. The van der Waals surface area contributed by atoms with Crippen molar-refractivity contribution in [1.29, 1.82) is 0 Å². The number of hydrogen-bond acceptors (Lipinski definition) is 6. The highest BCUT2D eigenvalue weighted by Gasteiger charge is 2.24. The summed E-state index contributed by atoms with van der Waals surface area (Å²) in [6.45, 7) is 3.09. The largest absolute Gasteiger partial charge is 0.491 e. The van der Waals surface area contributed by atoms with E-state index in [0.717, 1.165) is 14.2 Å². The molecule has 0 radical (unpaired) electrons. The fraction of sp³-hybridized carbons (Fsp3) is 0.300. The van der Waals surface area contributed by atoms with Crippen LogP contribution >= 0.6 is 0 Å². The van der Waals surface area contributed by atoms with Gasteiger partial charge in [-0.3, -0.25) is 0 Å². The molecule has 2 aromatic carbocycles. The van der Waals surface area contributed by atoms with E-state index in [0.29, 0.717) is 0 Å². The lowest BCUT2D eigenvalue weighted by Crippen LogP contribution is -2.17. The third-order valence-electron chi connectivity index (χ3n) is 3.80. The van der Waals surface area contributed by atoms with Crippen molar-refractivity contribution in [1.82, 2.24) is 0 Å². The van der Waals surface area contributed by atoms with Crippen LogP contribution in [-0.4, -0.2) is 58.8 Å². The van der Waals surface area contributed by atoms with Gasteiger partial charge in [0, 0.05) is 0 Å². The van der Waals surface area contributed by atoms with E-state index in [9.17, 15) is 35.9 Å². The molecule has 190 valence electrons. The highest BCUT2D eigenvalue weighted by atomic mass is 19.2. The number of carboxylic acids is 2. The van der Waals surface area contributed by atoms with Gasteiger partial charge < -0.3 is 29.9 Å². The summed E-state index contributed by atoms with van der Waals surface area (Å²) < 4.78 is 85.4. The molecule has 2 unspecified atom stereocenters. The van der Waals surface area contributed by atoms with E-state index in [1.165, 1.54) is 0 Å². The van der Waals surface area contributed by atoms with Crippen LogP contribution in [0.3, 0.4) is 0 Å². The van der Waals surface area contributed by atoms with Gasteiger partial charge in [-0.25, -0.2) is 27.2 Å². The average molecular weight is 502 g/mol. The van der Waals surface area contributed by atoms with E-state index in [4.69, 9.17) is 20.4 Å². The molecule has 0 amide bonds. The fourth-order valence-electron chi connectivity index (χ4n) is 1.83. The number of methoxy groups -OCH3 is 2. The zero-order valence-corrected chi connectivity index (χ0v) is 18.0. The standard InChI is InChI=1S/2C8H5F3O3.C4H10O2/c2*1-14-7-5(10)3(8(12)13)2-4(9)6(7)11;1-3(5)4(2)6/h2*2H,1H3,(H,12,13);3-6H,1-2H3. The summed E-state index contributed by atoms with van der Waals surface area (Å²) in [6.07, 6.45) is -1.19. The van der Waals surface area contributed by atoms with E-state index in [2.05, 4.69) is 9.47 Å². The van der Waals surface area contributed by atoms with Gasteiger partial charge in [0.1, 0.15) is 11.1 Å². The molecule has 0 heterocycles. The van der Waals surface area contributed by atoms with Crippen molar-refractivity contribution in [2.24, 2.45) is 0 Å². The highest BCUT2D eigenvalue weighted by molar-refractivity contribution is 5.89. The number of aliphatic hydroxyl groups excluding tert-OH is 2. The Morgan fingerprint density at radius 2 is 0.941 bits per heavy atom. The smallest absolute Gasteiger partial charge is 0.338 e. The Bertz CT molecular complexity index is 946. The molecule has 2 rings (SSSR count). The molecule has 2 aromatic rings. The summed E-state index contributed by atoms with van der Waals surface area (Å²) in [5, 5.41) is 33.6. The van der Waals surface area contributed by atoms with Crippen LogP contribution in [0.5, 0.6) is 11.5 Å². The van der Waals surface area contributed by atoms with Gasteiger partial charge >= 0.3 is 11.9 Å². The Morgan fingerprint density at radius 3 is 1.12 bits per heavy atom. The first-order chi connectivity index (χ1) is 15.6. The Labute approximate surface area is 188 Å². The summed E-state index contributed by atoms with van der Waals surface area (Å²) in [4.78, 5) is 20.7. The molecule has 0 saturated carbocycles. The maximum absolute atomic E-state index is 13.1. The van der Waals surface area contributed by atoms with Crippen LogP contribution in [0.15, 0.2) is 12.1 Å². The number of rotatable bonds is 5. The van der Waals surface area contributed by atoms with Crippen LogP contribution < -0.4 is 9.47 Å². The Balaban J connectivity index is 0.000000521. The summed E-state index contributed by atoms with van der Waals surface area (Å²) in [7, 11) is 1.82. The minimum atomic E-state index is -1.69. The number of aliphatic hydroxyl groups is 2. The predicted molar refractivity (Wildman–Crippen MR) is 103 cm³/mol. The van der Waals surface area contributed by atoms with Gasteiger partial charge in [-0.1, -0.05) is 0 Å². The van der Waals surface area contributed by atoms with Crippen molar-refractivity contribution in [3.63, 3.8) is 0 Å². The average Bonchev–Trinajstić information content (AvgIpc) is 2.74. The van der Waals surface area contributed by atoms with Crippen molar-refractivity contribution >= 4 is 11.9 Å². The molecule has 0 spiro atoms. The second-order valence-corrected chi connectivity index (χ2v) is 6.23. The predicted octanol–water partition coefficient (Wildman–Crippen LogP) is 3.37. The molecule has 0 aliphatic heterocycles. The maximum atomic E-state index is 13.1. The first kappa shape index (κ1) is 30.5. The van der Waals surface area contributed by atoms with Crippen molar-refractivity contribution < 1.29 is 65.8 Å². The molecular weight excluding hydrogens is 482 g/mol. The monoisotopic (exact) mass is 502 g/mol. The number of ether oxygens (including phenoxy) is 2. The molecule has 8 nitrogen and oxygen atoms in total. The molecule has 2 atom stereocenters. The molecule has 0 aromatic heterocycles. The second-order valence-electron chi connectivity index (χ2n) is 6.23. The molecule has 0 aliphatic carbocycles. The Kier molecular flexibility index (Phi) is 11.9. The second kappa shape index (κ2) is 13.3. The molecule has 14 heteroatoms. The first-order valence-corrected chi connectivity index (χ1v) is 8.87.